The molecular formula is C69H118O6. The lowest BCUT2D eigenvalue weighted by atomic mass is 10.0. The van der Waals surface area contributed by atoms with Gasteiger partial charge in [-0.15, -0.1) is 0 Å². The fourth-order valence-electron chi connectivity index (χ4n) is 8.79. The van der Waals surface area contributed by atoms with Gasteiger partial charge < -0.3 is 14.2 Å². The highest BCUT2D eigenvalue weighted by Crippen LogP contribution is 2.15. The predicted octanol–water partition coefficient (Wildman–Crippen LogP) is 21.7. The lowest BCUT2D eigenvalue weighted by Crippen LogP contribution is -2.30. The molecule has 1 unspecified atom stereocenters. The Labute approximate surface area is 464 Å². The molecule has 0 aliphatic carbocycles. The lowest BCUT2D eigenvalue weighted by molar-refractivity contribution is -0.167. The number of ether oxygens (including phenoxy) is 3. The summed E-state index contributed by atoms with van der Waals surface area (Å²) >= 11 is 0. The van der Waals surface area contributed by atoms with Crippen molar-refractivity contribution in [2.75, 3.05) is 13.2 Å². The summed E-state index contributed by atoms with van der Waals surface area (Å²) in [6.07, 6.45) is 84.1. The van der Waals surface area contributed by atoms with Crippen molar-refractivity contribution in [1.29, 1.82) is 0 Å². The highest BCUT2D eigenvalue weighted by molar-refractivity contribution is 5.71. The second-order valence-corrected chi connectivity index (χ2v) is 20.9. The van der Waals surface area contributed by atoms with Gasteiger partial charge >= 0.3 is 17.9 Å². The number of hydrogen-bond donors (Lipinski definition) is 0. The number of carbonyl (C=O) groups excluding carboxylic acids is 3. The first-order valence-corrected chi connectivity index (χ1v) is 31.7. The van der Waals surface area contributed by atoms with E-state index in [-0.39, 0.29) is 31.1 Å². The fourth-order valence-corrected chi connectivity index (χ4v) is 8.79. The molecule has 0 aromatic carbocycles. The number of hydrogen-bond acceptors (Lipinski definition) is 6. The van der Waals surface area contributed by atoms with Gasteiger partial charge in [0.15, 0.2) is 6.10 Å². The number of unbranched alkanes of at least 4 members (excludes halogenated alkanes) is 30. The van der Waals surface area contributed by atoms with E-state index in [0.717, 1.165) is 122 Å². The summed E-state index contributed by atoms with van der Waals surface area (Å²) in [5.41, 5.74) is 0. The van der Waals surface area contributed by atoms with Crippen LogP contribution in [0.15, 0.2) is 97.2 Å². The van der Waals surface area contributed by atoms with E-state index >= 15 is 0 Å². The molecule has 0 amide bonds. The smallest absolute Gasteiger partial charge is 0.306 e. The Bertz CT molecular complexity index is 1480. The van der Waals surface area contributed by atoms with Crippen molar-refractivity contribution in [2.24, 2.45) is 0 Å². The molecule has 0 aromatic rings. The van der Waals surface area contributed by atoms with Crippen molar-refractivity contribution < 1.29 is 28.6 Å². The summed E-state index contributed by atoms with van der Waals surface area (Å²) in [5, 5.41) is 0. The van der Waals surface area contributed by atoms with Crippen molar-refractivity contribution in [1.82, 2.24) is 0 Å². The van der Waals surface area contributed by atoms with Crippen LogP contribution < -0.4 is 0 Å². The maximum Gasteiger partial charge on any atom is 0.306 e. The first-order valence-electron chi connectivity index (χ1n) is 31.7. The lowest BCUT2D eigenvalue weighted by Gasteiger charge is -2.18. The van der Waals surface area contributed by atoms with Crippen molar-refractivity contribution in [2.45, 2.75) is 309 Å². The summed E-state index contributed by atoms with van der Waals surface area (Å²) < 4.78 is 16.9. The Morgan fingerprint density at radius 2 is 0.520 bits per heavy atom. The van der Waals surface area contributed by atoms with Crippen molar-refractivity contribution in [3.05, 3.63) is 97.2 Å². The van der Waals surface area contributed by atoms with Gasteiger partial charge in [0.05, 0.1) is 0 Å². The van der Waals surface area contributed by atoms with Crippen LogP contribution >= 0.6 is 0 Å². The van der Waals surface area contributed by atoms with Gasteiger partial charge in [0.1, 0.15) is 13.2 Å². The monoisotopic (exact) mass is 1040 g/mol. The molecule has 75 heavy (non-hydrogen) atoms. The summed E-state index contributed by atoms with van der Waals surface area (Å²) in [7, 11) is 0. The maximum atomic E-state index is 12.9. The second kappa shape index (κ2) is 62.9. The SMILES string of the molecule is CC/C=C\C/C=C\C/C=C\C/C=C\C/C=C\CCCCCCCC(=O)OC(COC(=O)CCCCCCC/C=C\CCCCCC)COC(=O)CCCCCCCCCCCCC/C=C\C/C=C\CCCCCCC. The molecule has 1 atom stereocenters. The zero-order valence-corrected chi connectivity index (χ0v) is 49.3. The Morgan fingerprint density at radius 1 is 0.280 bits per heavy atom. The number of esters is 3. The Hall–Kier alpha value is -3.67. The number of carbonyl (C=O) groups is 3. The minimum Gasteiger partial charge on any atom is -0.462 e. The van der Waals surface area contributed by atoms with Gasteiger partial charge in [-0.1, -0.05) is 259 Å². The third-order valence-corrected chi connectivity index (χ3v) is 13.5. The summed E-state index contributed by atoms with van der Waals surface area (Å²) in [5.74, 6) is -0.911. The summed E-state index contributed by atoms with van der Waals surface area (Å²) in [4.78, 5) is 38.3. The topological polar surface area (TPSA) is 78.9 Å². The van der Waals surface area contributed by atoms with Gasteiger partial charge in [-0.25, -0.2) is 0 Å². The first kappa shape index (κ1) is 71.3. The van der Waals surface area contributed by atoms with E-state index in [1.807, 2.05) is 0 Å². The molecule has 0 saturated heterocycles. The molecule has 6 heteroatoms. The second-order valence-electron chi connectivity index (χ2n) is 20.9. The minimum absolute atomic E-state index is 0.0888. The predicted molar refractivity (Wildman–Crippen MR) is 325 cm³/mol. The van der Waals surface area contributed by atoms with Crippen LogP contribution in [-0.4, -0.2) is 37.2 Å². The van der Waals surface area contributed by atoms with E-state index in [1.54, 1.807) is 0 Å². The van der Waals surface area contributed by atoms with Crippen LogP contribution in [0.3, 0.4) is 0 Å². The molecule has 0 N–H and O–H groups in total. The quantitative estimate of drug-likeness (QED) is 0.0261. The van der Waals surface area contributed by atoms with E-state index in [1.165, 1.54) is 141 Å². The van der Waals surface area contributed by atoms with Crippen LogP contribution in [0.25, 0.3) is 0 Å². The molecule has 0 heterocycles. The van der Waals surface area contributed by atoms with Gasteiger partial charge in [0, 0.05) is 19.3 Å². The molecule has 0 aliphatic heterocycles. The van der Waals surface area contributed by atoms with Gasteiger partial charge in [0.25, 0.3) is 0 Å². The molecule has 0 rings (SSSR count). The highest BCUT2D eigenvalue weighted by atomic mass is 16.6. The van der Waals surface area contributed by atoms with E-state index in [9.17, 15) is 14.4 Å². The van der Waals surface area contributed by atoms with Gasteiger partial charge in [-0.2, -0.15) is 0 Å². The zero-order valence-electron chi connectivity index (χ0n) is 49.3. The van der Waals surface area contributed by atoms with Crippen molar-refractivity contribution in [3.63, 3.8) is 0 Å². The Morgan fingerprint density at radius 3 is 0.840 bits per heavy atom. The molecule has 0 aromatic heterocycles. The molecule has 0 aliphatic rings. The number of allylic oxidation sites excluding steroid dienone is 16. The van der Waals surface area contributed by atoms with Crippen molar-refractivity contribution >= 4 is 17.9 Å². The molecular weight excluding hydrogens is 925 g/mol. The Kier molecular flexibility index (Phi) is 59.8. The normalized spacial score (nSPS) is 12.7. The summed E-state index contributed by atoms with van der Waals surface area (Å²) in [6.45, 7) is 6.50. The molecule has 0 radical (unpaired) electrons. The molecule has 0 spiro atoms. The third-order valence-electron chi connectivity index (χ3n) is 13.5. The Balaban J connectivity index is 4.38. The molecule has 0 saturated carbocycles. The van der Waals surface area contributed by atoms with Crippen LogP contribution in [0.1, 0.15) is 303 Å². The first-order chi connectivity index (χ1) is 37.0. The van der Waals surface area contributed by atoms with Gasteiger partial charge in [-0.05, 0) is 122 Å². The van der Waals surface area contributed by atoms with Crippen LogP contribution in [-0.2, 0) is 28.6 Å². The van der Waals surface area contributed by atoms with Gasteiger partial charge in [0.2, 0.25) is 0 Å². The zero-order chi connectivity index (χ0) is 54.3. The standard InChI is InChI=1S/C69H118O6/c1-4-7-10-13-16-19-22-25-27-29-31-33-34-36-37-39-41-44-47-50-53-56-59-62-68(71)74-65-66(64-73-67(70)61-58-55-52-49-46-43-24-21-18-15-12-9-6-3)75-69(72)63-60-57-54-51-48-45-42-40-38-35-32-30-28-26-23-20-17-14-11-8-5-2/h8,11,17,20-22,24-26,28-29,31-32,35,40,42,66H,4-7,9-10,12-16,18-19,23,27,30,33-34,36-39,41,43-65H2,1-3H3/b11-8-,20-17-,24-21-,25-22-,28-26-,31-29-,35-32-,42-40-. The molecule has 430 valence electrons. The van der Waals surface area contributed by atoms with Crippen molar-refractivity contribution in [3.8, 4) is 0 Å². The minimum atomic E-state index is -0.794. The van der Waals surface area contributed by atoms with E-state index in [0.29, 0.717) is 19.3 Å². The van der Waals surface area contributed by atoms with Crippen LogP contribution in [0, 0.1) is 0 Å². The molecule has 6 nitrogen and oxygen atoms in total. The summed E-state index contributed by atoms with van der Waals surface area (Å²) in [6, 6.07) is 0. The van der Waals surface area contributed by atoms with E-state index < -0.39 is 6.10 Å². The van der Waals surface area contributed by atoms with Gasteiger partial charge in [-0.3, -0.25) is 14.4 Å². The van der Waals surface area contributed by atoms with Crippen LogP contribution in [0.4, 0.5) is 0 Å². The largest absolute Gasteiger partial charge is 0.462 e. The average Bonchev–Trinajstić information content (AvgIpc) is 3.41. The van der Waals surface area contributed by atoms with Crippen LogP contribution in [0.2, 0.25) is 0 Å². The third kappa shape index (κ3) is 61.1. The maximum absolute atomic E-state index is 12.9. The van der Waals surface area contributed by atoms with E-state index in [4.69, 9.17) is 14.2 Å². The fraction of sp³-hybridized carbons (Fsp3) is 0.725. The van der Waals surface area contributed by atoms with E-state index in [2.05, 4.69) is 118 Å². The number of rotatable bonds is 57. The molecule has 0 fully saturated rings. The molecule has 0 bridgehead atoms. The highest BCUT2D eigenvalue weighted by Gasteiger charge is 2.19. The average molecular weight is 1040 g/mol. The van der Waals surface area contributed by atoms with Crippen LogP contribution in [0.5, 0.6) is 0 Å².